The number of amides is 2. The summed E-state index contributed by atoms with van der Waals surface area (Å²) in [6.45, 7) is 4.38. The summed E-state index contributed by atoms with van der Waals surface area (Å²) in [5, 5.41) is 6.08. The molecule has 7 heteroatoms. The van der Waals surface area contributed by atoms with Crippen molar-refractivity contribution in [3.8, 4) is 11.5 Å². The molecule has 0 aliphatic carbocycles. The fraction of sp³-hybridized carbons (Fsp3) is 0.263. The second-order valence-electron chi connectivity index (χ2n) is 5.52. The number of halogens is 1. The molecule has 0 fully saturated rings. The zero-order valence-electron chi connectivity index (χ0n) is 14.7. The third-order valence-corrected chi connectivity index (χ3v) is 3.51. The van der Waals surface area contributed by atoms with Crippen LogP contribution in [0.25, 0.3) is 0 Å². The van der Waals surface area contributed by atoms with Gasteiger partial charge in [-0.2, -0.15) is 0 Å². The lowest BCUT2D eigenvalue weighted by Gasteiger charge is -2.08. The number of benzene rings is 2. The Morgan fingerprint density at radius 1 is 0.885 bits per heavy atom. The Labute approximate surface area is 159 Å². The molecule has 2 amide bonds. The second-order valence-corrected chi connectivity index (χ2v) is 5.52. The molecule has 2 aromatic rings. The predicted octanol–water partition coefficient (Wildman–Crippen LogP) is 2.73. The van der Waals surface area contributed by atoms with Gasteiger partial charge in [-0.15, -0.1) is 12.4 Å². The smallest absolute Gasteiger partial charge is 0.251 e. The molecule has 6 nitrogen and oxygen atoms in total. The summed E-state index contributed by atoms with van der Waals surface area (Å²) in [6, 6.07) is 13.4. The van der Waals surface area contributed by atoms with Gasteiger partial charge in [0, 0.05) is 24.2 Å². The number of rotatable bonds is 9. The summed E-state index contributed by atoms with van der Waals surface area (Å²) in [5.41, 5.74) is 6.20. The average Bonchev–Trinajstić information content (AvgIpc) is 2.62. The van der Waals surface area contributed by atoms with Gasteiger partial charge in [0.05, 0.1) is 0 Å². The van der Waals surface area contributed by atoms with Crippen LogP contribution in [-0.4, -0.2) is 31.4 Å². The molecule has 140 valence electrons. The molecule has 0 aromatic heterocycles. The molecule has 2 aromatic carbocycles. The Morgan fingerprint density at radius 3 is 1.92 bits per heavy atom. The van der Waals surface area contributed by atoms with E-state index < -0.39 is 5.91 Å². The molecule has 0 saturated heterocycles. The number of hydrogen-bond donors (Lipinski definition) is 3. The minimum absolute atomic E-state index is 0. The van der Waals surface area contributed by atoms with Crippen molar-refractivity contribution in [1.82, 2.24) is 10.6 Å². The summed E-state index contributed by atoms with van der Waals surface area (Å²) in [7, 11) is 0. The van der Waals surface area contributed by atoms with Crippen LogP contribution in [-0.2, 0) is 0 Å². The fourth-order valence-electron chi connectivity index (χ4n) is 2.17. The van der Waals surface area contributed by atoms with E-state index in [4.69, 9.17) is 10.5 Å². The van der Waals surface area contributed by atoms with E-state index in [1.807, 2.05) is 0 Å². The summed E-state index contributed by atoms with van der Waals surface area (Å²) in [6.07, 6.45) is 1.07. The predicted molar refractivity (Wildman–Crippen MR) is 104 cm³/mol. The first kappa shape index (κ1) is 21.5. The number of ether oxygens (including phenoxy) is 1. The lowest BCUT2D eigenvalue weighted by molar-refractivity contribution is 0.0952. The quantitative estimate of drug-likeness (QED) is 0.586. The number of primary amides is 1. The average molecular weight is 378 g/mol. The molecular formula is C19H24ClN3O3. The highest BCUT2D eigenvalue weighted by Crippen LogP contribution is 2.22. The Morgan fingerprint density at radius 2 is 1.42 bits per heavy atom. The van der Waals surface area contributed by atoms with Crippen molar-refractivity contribution in [3.05, 3.63) is 59.7 Å². The normalized spacial score (nSPS) is 9.88. The lowest BCUT2D eigenvalue weighted by atomic mass is 10.2. The van der Waals surface area contributed by atoms with Gasteiger partial charge in [0.15, 0.2) is 0 Å². The first-order valence-corrected chi connectivity index (χ1v) is 8.27. The van der Waals surface area contributed by atoms with Crippen molar-refractivity contribution in [1.29, 1.82) is 0 Å². The van der Waals surface area contributed by atoms with Gasteiger partial charge in [-0.3, -0.25) is 9.59 Å². The van der Waals surface area contributed by atoms with Gasteiger partial charge < -0.3 is 21.1 Å². The van der Waals surface area contributed by atoms with Gasteiger partial charge in [-0.25, -0.2) is 0 Å². The summed E-state index contributed by atoms with van der Waals surface area (Å²) < 4.78 is 5.68. The van der Waals surface area contributed by atoms with Crippen LogP contribution >= 0.6 is 12.4 Å². The van der Waals surface area contributed by atoms with Crippen LogP contribution in [0.1, 0.15) is 34.1 Å². The third-order valence-electron chi connectivity index (χ3n) is 3.51. The molecule has 0 radical (unpaired) electrons. The number of carbonyl (C=O) groups excluding carboxylic acids is 2. The van der Waals surface area contributed by atoms with Crippen molar-refractivity contribution >= 4 is 24.2 Å². The lowest BCUT2D eigenvalue weighted by Crippen LogP contribution is -2.32. The van der Waals surface area contributed by atoms with Crippen LogP contribution in [0.2, 0.25) is 0 Å². The standard InChI is InChI=1S/C19H23N3O3.ClH/c1-2-11-21-12-13-22-19(24)15-5-9-17(10-6-15)25-16-7-3-14(4-8-16)18(20)23;/h3-10,21H,2,11-13H2,1H3,(H2,20,23)(H,22,24);1H. The molecule has 0 bridgehead atoms. The highest BCUT2D eigenvalue weighted by atomic mass is 35.5. The SMILES string of the molecule is CCCNCCNC(=O)c1ccc(Oc2ccc(C(N)=O)cc2)cc1.Cl. The zero-order chi connectivity index (χ0) is 18.1. The first-order chi connectivity index (χ1) is 12.1. The van der Waals surface area contributed by atoms with Crippen LogP contribution in [0, 0.1) is 0 Å². The van der Waals surface area contributed by atoms with E-state index in [2.05, 4.69) is 17.6 Å². The van der Waals surface area contributed by atoms with E-state index in [-0.39, 0.29) is 18.3 Å². The van der Waals surface area contributed by atoms with Gasteiger partial charge in [-0.1, -0.05) is 6.92 Å². The van der Waals surface area contributed by atoms with Crippen LogP contribution in [0.5, 0.6) is 11.5 Å². The molecule has 0 saturated carbocycles. The van der Waals surface area contributed by atoms with E-state index in [1.165, 1.54) is 0 Å². The van der Waals surface area contributed by atoms with Gasteiger partial charge in [0.25, 0.3) is 5.91 Å². The number of hydrogen-bond acceptors (Lipinski definition) is 4. The molecule has 2 rings (SSSR count). The monoisotopic (exact) mass is 377 g/mol. The first-order valence-electron chi connectivity index (χ1n) is 8.27. The van der Waals surface area contributed by atoms with Gasteiger partial charge >= 0.3 is 0 Å². The molecule has 26 heavy (non-hydrogen) atoms. The molecule has 0 heterocycles. The van der Waals surface area contributed by atoms with E-state index in [9.17, 15) is 9.59 Å². The zero-order valence-corrected chi connectivity index (χ0v) is 15.5. The molecule has 0 aliphatic heterocycles. The summed E-state index contributed by atoms with van der Waals surface area (Å²) in [4.78, 5) is 23.1. The third kappa shape index (κ3) is 6.74. The van der Waals surface area contributed by atoms with Gasteiger partial charge in [0.2, 0.25) is 5.91 Å². The van der Waals surface area contributed by atoms with E-state index in [1.54, 1.807) is 48.5 Å². The Balaban J connectivity index is 0.00000338. The number of carbonyl (C=O) groups is 2. The van der Waals surface area contributed by atoms with Gasteiger partial charge in [-0.05, 0) is 61.5 Å². The Kier molecular flexibility index (Phi) is 9.19. The summed E-state index contributed by atoms with van der Waals surface area (Å²) in [5.74, 6) is 0.597. The minimum atomic E-state index is -0.480. The highest BCUT2D eigenvalue weighted by molar-refractivity contribution is 5.94. The Hall–Kier alpha value is -2.57. The van der Waals surface area contributed by atoms with Crippen LogP contribution in [0.3, 0.4) is 0 Å². The maximum atomic E-state index is 12.0. The number of nitrogens with one attached hydrogen (secondary N) is 2. The topological polar surface area (TPSA) is 93.4 Å². The molecule has 0 atom stereocenters. The van der Waals surface area contributed by atoms with E-state index >= 15 is 0 Å². The fourth-order valence-corrected chi connectivity index (χ4v) is 2.17. The van der Waals surface area contributed by atoms with Gasteiger partial charge in [0.1, 0.15) is 11.5 Å². The van der Waals surface area contributed by atoms with Crippen molar-refractivity contribution in [2.45, 2.75) is 13.3 Å². The highest BCUT2D eigenvalue weighted by Gasteiger charge is 2.06. The van der Waals surface area contributed by atoms with E-state index in [0.29, 0.717) is 29.2 Å². The maximum absolute atomic E-state index is 12.0. The van der Waals surface area contributed by atoms with Crippen molar-refractivity contribution in [2.24, 2.45) is 5.73 Å². The molecule has 4 N–H and O–H groups in total. The number of nitrogens with two attached hydrogens (primary N) is 1. The minimum Gasteiger partial charge on any atom is -0.457 e. The maximum Gasteiger partial charge on any atom is 0.251 e. The largest absolute Gasteiger partial charge is 0.457 e. The van der Waals surface area contributed by atoms with E-state index in [0.717, 1.165) is 19.5 Å². The molecular weight excluding hydrogens is 354 g/mol. The van der Waals surface area contributed by atoms with Crippen molar-refractivity contribution in [2.75, 3.05) is 19.6 Å². The molecule has 0 spiro atoms. The molecule has 0 unspecified atom stereocenters. The summed E-state index contributed by atoms with van der Waals surface area (Å²) >= 11 is 0. The van der Waals surface area contributed by atoms with Crippen LogP contribution < -0.4 is 21.1 Å². The Bertz CT molecular complexity index is 703. The van der Waals surface area contributed by atoms with Crippen LogP contribution in [0.15, 0.2) is 48.5 Å². The van der Waals surface area contributed by atoms with Crippen molar-refractivity contribution < 1.29 is 14.3 Å². The molecule has 0 aliphatic rings. The van der Waals surface area contributed by atoms with Crippen LogP contribution in [0.4, 0.5) is 0 Å². The van der Waals surface area contributed by atoms with Crippen molar-refractivity contribution in [3.63, 3.8) is 0 Å². The second kappa shape index (κ2) is 11.1.